The minimum absolute atomic E-state index is 0.00528. The quantitative estimate of drug-likeness (QED) is 0.203. The van der Waals surface area contributed by atoms with Gasteiger partial charge in [0.15, 0.2) is 0 Å². The van der Waals surface area contributed by atoms with Crippen molar-refractivity contribution in [2.45, 2.75) is 101 Å². The molecule has 42 heavy (non-hydrogen) atoms. The first-order valence-corrected chi connectivity index (χ1v) is 15.4. The summed E-state index contributed by atoms with van der Waals surface area (Å²) in [7, 11) is 0. The highest BCUT2D eigenvalue weighted by Gasteiger charge is 2.34. The van der Waals surface area contributed by atoms with Crippen LogP contribution in [0.3, 0.4) is 0 Å². The fraction of sp³-hybridized carbons (Fsp3) is 0.450. The van der Waals surface area contributed by atoms with Crippen LogP contribution in [0.2, 0.25) is 0 Å². The third-order valence-electron chi connectivity index (χ3n) is 8.33. The summed E-state index contributed by atoms with van der Waals surface area (Å²) in [6, 6.07) is 0. The molecular weight excluding hydrogens is 512 g/mol. The molecule has 2 aliphatic carbocycles. The Hall–Kier alpha value is -2.94. The van der Waals surface area contributed by atoms with Crippen molar-refractivity contribution in [3.05, 3.63) is 130 Å². The maximum Gasteiger partial charge on any atom is 0.0729 e. The maximum atomic E-state index is 10.1. The smallest absolute Gasteiger partial charge is 0.0729 e. The van der Waals surface area contributed by atoms with Crippen LogP contribution in [-0.4, -0.2) is 22.4 Å². The van der Waals surface area contributed by atoms with Crippen LogP contribution < -0.4 is 0 Å². The van der Waals surface area contributed by atoms with E-state index in [4.69, 9.17) is 0 Å². The van der Waals surface area contributed by atoms with E-state index in [-0.39, 0.29) is 23.0 Å². The molecule has 228 valence electrons. The molecular formula is C40H56O2. The van der Waals surface area contributed by atoms with Gasteiger partial charge in [-0.25, -0.2) is 0 Å². The van der Waals surface area contributed by atoms with Crippen molar-refractivity contribution in [2.24, 2.45) is 16.7 Å². The molecule has 2 unspecified atom stereocenters. The van der Waals surface area contributed by atoms with Crippen LogP contribution in [0, 0.1) is 16.7 Å². The SMILES string of the molecule is CC(C=CC=C(C)C=CC1=C(C)C[C@@H](O)CC1(C)C)=CC=CC=C(C)C=CC=C(C)C=CC1C(C)=CC(O)CC1(C)C. The first kappa shape index (κ1) is 35.3. The Balaban J connectivity index is 1.90. The summed E-state index contributed by atoms with van der Waals surface area (Å²) in [6.45, 7) is 21.6. The fourth-order valence-electron chi connectivity index (χ4n) is 6.14. The van der Waals surface area contributed by atoms with Gasteiger partial charge in [0, 0.05) is 5.92 Å². The molecule has 0 aromatic carbocycles. The summed E-state index contributed by atoms with van der Waals surface area (Å²) in [5, 5.41) is 20.2. The van der Waals surface area contributed by atoms with Crippen molar-refractivity contribution < 1.29 is 10.2 Å². The zero-order chi connectivity index (χ0) is 31.5. The highest BCUT2D eigenvalue weighted by Crippen LogP contribution is 2.42. The Bertz CT molecular complexity index is 1270. The third kappa shape index (κ3) is 11.7. The monoisotopic (exact) mass is 568 g/mol. The number of rotatable bonds is 10. The van der Waals surface area contributed by atoms with Gasteiger partial charge in [0.25, 0.3) is 0 Å². The van der Waals surface area contributed by atoms with E-state index in [1.807, 2.05) is 6.08 Å². The molecule has 0 aromatic heterocycles. The number of allylic oxidation sites excluding steroid dienone is 20. The molecule has 2 heteroatoms. The average molecular weight is 569 g/mol. The standard InChI is InChI=1S/C40H56O2/c1-29(17-13-19-31(3)21-23-37-33(5)25-35(41)27-39(37,7)8)15-11-12-16-30(2)18-14-20-32(4)22-24-38-34(6)26-36(42)28-40(38,9)10/h11-25,35-37,41-42H,26-28H2,1-10H3/t35?,36-,37?/m1/s1. The Morgan fingerprint density at radius 3 is 1.74 bits per heavy atom. The highest BCUT2D eigenvalue weighted by molar-refractivity contribution is 5.38. The fourth-order valence-corrected chi connectivity index (χ4v) is 6.14. The van der Waals surface area contributed by atoms with Crippen molar-refractivity contribution in [3.63, 3.8) is 0 Å². The lowest BCUT2D eigenvalue weighted by molar-refractivity contribution is 0.116. The van der Waals surface area contributed by atoms with Crippen molar-refractivity contribution >= 4 is 0 Å². The van der Waals surface area contributed by atoms with Crippen LogP contribution in [0.4, 0.5) is 0 Å². The minimum atomic E-state index is -0.331. The Morgan fingerprint density at radius 1 is 0.714 bits per heavy atom. The normalized spacial score (nSPS) is 26.6. The van der Waals surface area contributed by atoms with E-state index in [1.165, 1.54) is 39.0 Å². The lowest BCUT2D eigenvalue weighted by atomic mass is 9.67. The molecule has 0 aromatic rings. The molecule has 0 amide bonds. The highest BCUT2D eigenvalue weighted by atomic mass is 16.3. The zero-order valence-electron chi connectivity index (χ0n) is 27.9. The predicted octanol–water partition coefficient (Wildman–Crippen LogP) is 10.4. The van der Waals surface area contributed by atoms with Gasteiger partial charge in [-0.05, 0) is 77.2 Å². The van der Waals surface area contributed by atoms with Gasteiger partial charge in [-0.1, -0.05) is 152 Å². The second kappa shape index (κ2) is 16.1. The van der Waals surface area contributed by atoms with E-state index in [1.54, 1.807) is 0 Å². The Morgan fingerprint density at radius 2 is 1.21 bits per heavy atom. The second-order valence-electron chi connectivity index (χ2n) is 13.7. The molecule has 2 N–H and O–H groups in total. The first-order chi connectivity index (χ1) is 19.6. The largest absolute Gasteiger partial charge is 0.393 e. The average Bonchev–Trinajstić information content (AvgIpc) is 2.84. The molecule has 2 aliphatic rings. The minimum Gasteiger partial charge on any atom is -0.393 e. The molecule has 0 saturated heterocycles. The molecule has 0 aliphatic heterocycles. The second-order valence-corrected chi connectivity index (χ2v) is 13.7. The molecule has 0 heterocycles. The Kier molecular flexibility index (Phi) is 13.5. The van der Waals surface area contributed by atoms with Crippen LogP contribution in [-0.2, 0) is 0 Å². The molecule has 0 bridgehead atoms. The maximum absolute atomic E-state index is 10.1. The molecule has 0 fully saturated rings. The van der Waals surface area contributed by atoms with Crippen LogP contribution in [0.5, 0.6) is 0 Å². The molecule has 0 spiro atoms. The predicted molar refractivity (Wildman–Crippen MR) is 184 cm³/mol. The van der Waals surface area contributed by atoms with Crippen molar-refractivity contribution in [1.29, 1.82) is 0 Å². The van der Waals surface area contributed by atoms with E-state index in [0.717, 1.165) is 19.3 Å². The van der Waals surface area contributed by atoms with Gasteiger partial charge in [0.1, 0.15) is 0 Å². The van der Waals surface area contributed by atoms with E-state index in [0.29, 0.717) is 5.92 Å². The number of hydrogen-bond acceptors (Lipinski definition) is 2. The lowest BCUT2D eigenvalue weighted by Gasteiger charge is -2.38. The Labute approximate surface area is 257 Å². The van der Waals surface area contributed by atoms with Gasteiger partial charge in [-0.3, -0.25) is 0 Å². The van der Waals surface area contributed by atoms with E-state index in [9.17, 15) is 10.2 Å². The number of aliphatic hydroxyl groups excluding tert-OH is 2. The molecule has 3 atom stereocenters. The number of hydrogen-bond donors (Lipinski definition) is 2. The van der Waals surface area contributed by atoms with Gasteiger partial charge in [-0.2, -0.15) is 0 Å². The summed E-state index contributed by atoms with van der Waals surface area (Å²) in [4.78, 5) is 0. The van der Waals surface area contributed by atoms with Crippen LogP contribution in [0.1, 0.15) is 88.5 Å². The van der Waals surface area contributed by atoms with Crippen molar-refractivity contribution in [2.75, 3.05) is 0 Å². The summed E-state index contributed by atoms with van der Waals surface area (Å²) in [5.74, 6) is 0.348. The van der Waals surface area contributed by atoms with Crippen LogP contribution >= 0.6 is 0 Å². The van der Waals surface area contributed by atoms with Gasteiger partial charge >= 0.3 is 0 Å². The molecule has 0 radical (unpaired) electrons. The van der Waals surface area contributed by atoms with Gasteiger partial charge < -0.3 is 10.2 Å². The third-order valence-corrected chi connectivity index (χ3v) is 8.33. The van der Waals surface area contributed by atoms with Gasteiger partial charge in [0.2, 0.25) is 0 Å². The molecule has 0 saturated carbocycles. The van der Waals surface area contributed by atoms with E-state index in [2.05, 4.69) is 154 Å². The molecule has 2 rings (SSSR count). The molecule has 2 nitrogen and oxygen atoms in total. The summed E-state index contributed by atoms with van der Waals surface area (Å²) in [5.41, 5.74) is 8.73. The van der Waals surface area contributed by atoms with Gasteiger partial charge in [-0.15, -0.1) is 0 Å². The first-order valence-electron chi connectivity index (χ1n) is 15.4. The van der Waals surface area contributed by atoms with Gasteiger partial charge in [0.05, 0.1) is 12.2 Å². The zero-order valence-corrected chi connectivity index (χ0v) is 27.9. The van der Waals surface area contributed by atoms with Crippen LogP contribution in [0.25, 0.3) is 0 Å². The van der Waals surface area contributed by atoms with E-state index < -0.39 is 0 Å². The van der Waals surface area contributed by atoms with Crippen LogP contribution in [0.15, 0.2) is 130 Å². The van der Waals surface area contributed by atoms with Crippen molar-refractivity contribution in [3.8, 4) is 0 Å². The topological polar surface area (TPSA) is 40.5 Å². The number of aliphatic hydroxyl groups is 2. The van der Waals surface area contributed by atoms with E-state index >= 15 is 0 Å². The summed E-state index contributed by atoms with van der Waals surface area (Å²) >= 11 is 0. The summed E-state index contributed by atoms with van der Waals surface area (Å²) in [6.07, 6.45) is 33.8. The summed E-state index contributed by atoms with van der Waals surface area (Å²) < 4.78 is 0. The lowest BCUT2D eigenvalue weighted by Crippen LogP contribution is -2.32. The van der Waals surface area contributed by atoms with Crippen molar-refractivity contribution in [1.82, 2.24) is 0 Å².